The highest BCUT2D eigenvalue weighted by molar-refractivity contribution is 6.76. The molecule has 6 aromatic rings. The number of nitrogens with one attached hydrogen (secondary N) is 1. The van der Waals surface area contributed by atoms with Gasteiger partial charge in [0.2, 0.25) is 0 Å². The van der Waals surface area contributed by atoms with Gasteiger partial charge < -0.3 is 29.0 Å². The topological polar surface area (TPSA) is 115 Å². The van der Waals surface area contributed by atoms with Crippen LogP contribution in [0.3, 0.4) is 0 Å². The standard InChI is InChI=1S/C44H51Cl2N5O5Si/c1-24-17-30-21-35(44(53)54)47-40(30)36(18-24)49-22-27(4)51-41-33(32(42(51)43(49)52)11-10-14-56-31-19-25(2)39(46)26(3)20-31)12-13-34(45)38(41)37-28(5)48-50(29(37)6)23-55-15-16-57(7,8)9/h12-13,17-21,27,47H,10-11,14-16,22-23H2,1-9H3,(H,53,54)/t27-/m1/s1. The zero-order chi connectivity index (χ0) is 41.1. The molecule has 1 atom stereocenters. The first-order valence-electron chi connectivity index (χ1n) is 19.5. The summed E-state index contributed by atoms with van der Waals surface area (Å²) in [6, 6.07) is 14.2. The number of anilines is 1. The van der Waals surface area contributed by atoms with E-state index in [-0.39, 0.29) is 17.6 Å². The van der Waals surface area contributed by atoms with Crippen molar-refractivity contribution < 1.29 is 24.2 Å². The molecule has 3 aromatic carbocycles. The van der Waals surface area contributed by atoms with Crippen molar-refractivity contribution in [3.8, 4) is 16.9 Å². The number of carbonyl (C=O) groups excluding carboxylic acids is 1. The number of carboxylic acids is 1. The summed E-state index contributed by atoms with van der Waals surface area (Å²) in [4.78, 5) is 32.0. The average Bonchev–Trinajstić information content (AvgIpc) is 3.80. The van der Waals surface area contributed by atoms with E-state index < -0.39 is 14.0 Å². The zero-order valence-electron chi connectivity index (χ0n) is 34.2. The maximum atomic E-state index is 15.2. The molecule has 3 aromatic heterocycles. The lowest BCUT2D eigenvalue weighted by Gasteiger charge is -2.34. The number of fused-ring (bicyclic) bond motifs is 4. The van der Waals surface area contributed by atoms with Crippen molar-refractivity contribution in [2.24, 2.45) is 0 Å². The lowest BCUT2D eigenvalue weighted by molar-refractivity contribution is 0.0691. The second-order valence-electron chi connectivity index (χ2n) is 16.7. The van der Waals surface area contributed by atoms with E-state index >= 15 is 4.79 Å². The number of nitrogens with zero attached hydrogens (tertiary/aromatic N) is 4. The molecule has 0 bridgehead atoms. The summed E-state index contributed by atoms with van der Waals surface area (Å²) >= 11 is 13.6. The normalized spacial score (nSPS) is 14.6. The van der Waals surface area contributed by atoms with Crippen molar-refractivity contribution in [3.63, 3.8) is 0 Å². The van der Waals surface area contributed by atoms with Gasteiger partial charge in [0.05, 0.1) is 34.0 Å². The van der Waals surface area contributed by atoms with Crippen LogP contribution in [-0.4, -0.2) is 64.1 Å². The van der Waals surface area contributed by atoms with E-state index in [9.17, 15) is 9.90 Å². The third kappa shape index (κ3) is 7.74. The molecule has 0 saturated heterocycles. The van der Waals surface area contributed by atoms with Crippen molar-refractivity contribution in [1.82, 2.24) is 19.3 Å². The fourth-order valence-electron chi connectivity index (χ4n) is 8.21. The van der Waals surface area contributed by atoms with E-state index in [1.165, 1.54) is 0 Å². The molecular formula is C44H51Cl2N5O5Si. The van der Waals surface area contributed by atoms with E-state index in [4.69, 9.17) is 37.8 Å². The van der Waals surface area contributed by atoms with Gasteiger partial charge in [-0.3, -0.25) is 4.79 Å². The highest BCUT2D eigenvalue weighted by Crippen LogP contribution is 2.46. The van der Waals surface area contributed by atoms with Crippen LogP contribution in [0.2, 0.25) is 35.7 Å². The summed E-state index contributed by atoms with van der Waals surface area (Å²) in [6.07, 6.45) is 1.21. The van der Waals surface area contributed by atoms with Crippen molar-refractivity contribution in [2.75, 3.05) is 24.7 Å². The Morgan fingerprint density at radius 1 is 1.00 bits per heavy atom. The third-order valence-corrected chi connectivity index (χ3v) is 13.6. The number of halogens is 2. The SMILES string of the molecule is Cc1cc(N2C[C@@H](C)n3c(c(CCCOc4cc(C)c(Cl)c(C)c4)c4ccc(Cl)c(-c5c(C)nn(COCC[Si](C)(C)C)c5C)c43)C2=O)c2[nH]c(C(=O)O)cc2c1. The largest absolute Gasteiger partial charge is 0.494 e. The summed E-state index contributed by atoms with van der Waals surface area (Å²) in [7, 11) is -1.26. The number of aryl methyl sites for hydroxylation is 5. The Morgan fingerprint density at radius 2 is 1.72 bits per heavy atom. The molecule has 0 saturated carbocycles. The van der Waals surface area contributed by atoms with Crippen LogP contribution in [0.4, 0.5) is 5.69 Å². The van der Waals surface area contributed by atoms with E-state index in [2.05, 4.69) is 36.1 Å². The van der Waals surface area contributed by atoms with Crippen LogP contribution < -0.4 is 9.64 Å². The second-order valence-corrected chi connectivity index (χ2v) is 23.1. The predicted molar refractivity (Wildman–Crippen MR) is 233 cm³/mol. The Labute approximate surface area is 344 Å². The fourth-order valence-corrected chi connectivity index (χ4v) is 9.33. The first-order valence-corrected chi connectivity index (χ1v) is 24.0. The average molecular weight is 829 g/mol. The van der Waals surface area contributed by atoms with Crippen LogP contribution in [-0.2, 0) is 17.9 Å². The van der Waals surface area contributed by atoms with Crippen molar-refractivity contribution in [1.29, 1.82) is 0 Å². The number of benzene rings is 3. The molecule has 1 aliphatic rings. The van der Waals surface area contributed by atoms with Crippen LogP contribution in [0, 0.1) is 34.6 Å². The van der Waals surface area contributed by atoms with Gasteiger partial charge in [-0.2, -0.15) is 5.10 Å². The number of aromatic nitrogens is 4. The number of rotatable bonds is 13. The second kappa shape index (κ2) is 15.7. The first-order chi connectivity index (χ1) is 26.9. The molecule has 1 aliphatic heterocycles. The Balaban J connectivity index is 1.34. The summed E-state index contributed by atoms with van der Waals surface area (Å²) < 4.78 is 16.5. The summed E-state index contributed by atoms with van der Waals surface area (Å²) in [5.41, 5.74) is 10.1. The number of carbonyl (C=O) groups is 2. The zero-order valence-corrected chi connectivity index (χ0v) is 36.7. The van der Waals surface area contributed by atoms with Crippen LogP contribution in [0.5, 0.6) is 5.75 Å². The number of ether oxygens (including phenoxy) is 2. The number of aromatic carboxylic acids is 1. The summed E-state index contributed by atoms with van der Waals surface area (Å²) in [6.45, 7) is 20.9. The monoisotopic (exact) mass is 827 g/mol. The smallest absolute Gasteiger partial charge is 0.352 e. The van der Waals surface area contributed by atoms with Gasteiger partial charge in [0.1, 0.15) is 23.9 Å². The summed E-state index contributed by atoms with van der Waals surface area (Å²) in [5.74, 6) is -0.464. The van der Waals surface area contributed by atoms with Crippen molar-refractivity contribution in [3.05, 3.63) is 97.5 Å². The molecule has 4 heterocycles. The molecule has 57 heavy (non-hydrogen) atoms. The number of carboxylic acid groups (broad SMARTS) is 1. The number of H-pyrrole nitrogens is 1. The molecule has 13 heteroatoms. The van der Waals surface area contributed by atoms with E-state index in [0.29, 0.717) is 61.3 Å². The van der Waals surface area contributed by atoms with Crippen molar-refractivity contribution >= 4 is 70.6 Å². The van der Waals surface area contributed by atoms with Gasteiger partial charge in [0.25, 0.3) is 5.91 Å². The Bertz CT molecular complexity index is 2540. The Kier molecular flexibility index (Phi) is 11.2. The van der Waals surface area contributed by atoms with Gasteiger partial charge in [-0.05, 0) is 119 Å². The fraction of sp³-hybridized carbons (Fsp3) is 0.386. The molecular weight excluding hydrogens is 778 g/mol. The molecule has 0 radical (unpaired) electrons. The van der Waals surface area contributed by atoms with Crippen LogP contribution in [0.25, 0.3) is 32.9 Å². The van der Waals surface area contributed by atoms with Gasteiger partial charge >= 0.3 is 5.97 Å². The highest BCUT2D eigenvalue weighted by atomic mass is 35.5. The Morgan fingerprint density at radius 3 is 2.40 bits per heavy atom. The van der Waals surface area contributed by atoms with Gasteiger partial charge in [-0.1, -0.05) is 48.9 Å². The molecule has 0 unspecified atom stereocenters. The number of hydrogen-bond donors (Lipinski definition) is 2. The lowest BCUT2D eigenvalue weighted by atomic mass is 9.98. The van der Waals surface area contributed by atoms with Crippen molar-refractivity contribution in [2.45, 2.75) is 92.8 Å². The highest BCUT2D eigenvalue weighted by Gasteiger charge is 2.37. The van der Waals surface area contributed by atoms with E-state index in [0.717, 1.165) is 77.9 Å². The quantitative estimate of drug-likeness (QED) is 0.0885. The van der Waals surface area contributed by atoms with Gasteiger partial charge in [0, 0.05) is 59.9 Å². The molecule has 300 valence electrons. The van der Waals surface area contributed by atoms with Gasteiger partial charge in [-0.15, -0.1) is 0 Å². The maximum absolute atomic E-state index is 15.2. The molecule has 0 aliphatic carbocycles. The molecule has 10 nitrogen and oxygen atoms in total. The van der Waals surface area contributed by atoms with E-state index in [1.54, 1.807) is 11.0 Å². The third-order valence-electron chi connectivity index (χ3n) is 11.0. The first kappa shape index (κ1) is 40.6. The minimum Gasteiger partial charge on any atom is -0.494 e. The van der Waals surface area contributed by atoms with Crippen LogP contribution >= 0.6 is 23.2 Å². The predicted octanol–water partition coefficient (Wildman–Crippen LogP) is 11.1. The minimum absolute atomic E-state index is 0.0715. The van der Waals surface area contributed by atoms with Gasteiger partial charge in [0.15, 0.2) is 0 Å². The number of hydrogen-bond acceptors (Lipinski definition) is 5. The number of amides is 1. The molecule has 0 fully saturated rings. The molecule has 1 amide bonds. The molecule has 2 N–H and O–H groups in total. The molecule has 0 spiro atoms. The van der Waals surface area contributed by atoms with Crippen LogP contribution in [0.1, 0.15) is 74.0 Å². The number of aromatic amines is 1. The van der Waals surface area contributed by atoms with Gasteiger partial charge in [-0.25, -0.2) is 9.48 Å². The maximum Gasteiger partial charge on any atom is 0.352 e. The lowest BCUT2D eigenvalue weighted by Crippen LogP contribution is -2.43. The minimum atomic E-state index is -1.26. The van der Waals surface area contributed by atoms with Crippen LogP contribution in [0.15, 0.2) is 42.5 Å². The summed E-state index contributed by atoms with van der Waals surface area (Å²) in [5, 5.41) is 17.7. The van der Waals surface area contributed by atoms with E-state index in [1.807, 2.05) is 75.7 Å². The molecule has 7 rings (SSSR count). The Hall–Kier alpha value is -4.55.